The Hall–Kier alpha value is -5.74. The first-order valence-corrected chi connectivity index (χ1v) is 22.7. The number of carbonyl (C=O) groups excluding carboxylic acids is 2. The number of rotatable bonds is 12. The number of nitrogens with zero attached hydrogens (tertiary/aromatic N) is 4. The molecule has 3 aromatic carbocycles. The molecule has 0 amide bonds. The number of piperidine rings is 1. The van der Waals surface area contributed by atoms with Crippen LogP contribution in [0.4, 0.5) is 0 Å². The molecular formula is C48H52N5O9S. The van der Waals surface area contributed by atoms with Gasteiger partial charge in [0.05, 0.1) is 46.6 Å². The van der Waals surface area contributed by atoms with Gasteiger partial charge >= 0.3 is 11.9 Å². The number of carbonyl (C=O) groups is 2. The maximum atomic E-state index is 14.8. The van der Waals surface area contributed by atoms with Gasteiger partial charge in [0, 0.05) is 40.4 Å². The molecule has 14 nitrogen and oxygen atoms in total. The zero-order chi connectivity index (χ0) is 44.9. The maximum Gasteiger partial charge on any atom is 0.355 e. The highest BCUT2D eigenvalue weighted by molar-refractivity contribution is 7.90. The molecule has 1 radical (unpaired) electrons. The monoisotopic (exact) mass is 874 g/mol. The van der Waals surface area contributed by atoms with Crippen LogP contribution in [0.25, 0.3) is 22.3 Å². The average Bonchev–Trinajstić information content (AvgIpc) is 3.60. The average molecular weight is 875 g/mol. The Bertz CT molecular complexity index is 2770. The van der Waals surface area contributed by atoms with Gasteiger partial charge in [-0.25, -0.2) is 23.0 Å². The van der Waals surface area contributed by atoms with E-state index >= 15 is 0 Å². The number of benzene rings is 3. The van der Waals surface area contributed by atoms with Crippen molar-refractivity contribution in [1.82, 2.24) is 19.3 Å². The highest BCUT2D eigenvalue weighted by Crippen LogP contribution is 2.42. The van der Waals surface area contributed by atoms with Gasteiger partial charge < -0.3 is 18.8 Å². The third-order valence-electron chi connectivity index (χ3n) is 12.3. The van der Waals surface area contributed by atoms with E-state index < -0.39 is 44.7 Å². The Morgan fingerprint density at radius 1 is 0.968 bits per heavy atom. The van der Waals surface area contributed by atoms with E-state index in [0.29, 0.717) is 29.8 Å². The van der Waals surface area contributed by atoms with Gasteiger partial charge in [-0.15, -0.1) is 10.3 Å². The van der Waals surface area contributed by atoms with Crippen molar-refractivity contribution in [3.63, 3.8) is 0 Å². The Morgan fingerprint density at radius 2 is 1.65 bits per heavy atom. The van der Waals surface area contributed by atoms with Gasteiger partial charge in [-0.2, -0.15) is 0 Å². The minimum Gasteiger partial charge on any atom is -0.457 e. The molecule has 0 aliphatic carbocycles. The minimum absolute atomic E-state index is 0.00963. The summed E-state index contributed by atoms with van der Waals surface area (Å²) in [4.78, 5) is 52.8. The van der Waals surface area contributed by atoms with Crippen LogP contribution in [0.15, 0.2) is 106 Å². The van der Waals surface area contributed by atoms with E-state index in [1.54, 1.807) is 54.0 Å². The largest absolute Gasteiger partial charge is 0.457 e. The predicted octanol–water partition coefficient (Wildman–Crippen LogP) is 6.70. The first-order chi connectivity index (χ1) is 29.9. The van der Waals surface area contributed by atoms with Gasteiger partial charge in [0.15, 0.2) is 6.04 Å². The highest BCUT2D eigenvalue weighted by Gasteiger charge is 2.51. The van der Waals surface area contributed by atoms with Gasteiger partial charge in [-0.05, 0) is 89.8 Å². The molecule has 0 spiro atoms. The fraction of sp³-hybridized carbons (Fsp3) is 0.396. The second-order valence-corrected chi connectivity index (χ2v) is 19.6. The molecule has 1 N–H and O–H groups in total. The summed E-state index contributed by atoms with van der Waals surface area (Å²) in [5.41, 5.74) is 0.790. The van der Waals surface area contributed by atoms with Crippen molar-refractivity contribution in [1.29, 1.82) is 0 Å². The first kappa shape index (κ1) is 43.9. The summed E-state index contributed by atoms with van der Waals surface area (Å²) in [6.45, 7) is 11.0. The van der Waals surface area contributed by atoms with Gasteiger partial charge in [-0.3, -0.25) is 14.5 Å². The van der Waals surface area contributed by atoms with Crippen molar-refractivity contribution < 1.29 is 37.4 Å². The lowest BCUT2D eigenvalue weighted by atomic mass is 9.80. The zero-order valence-corrected chi connectivity index (χ0v) is 37.2. The van der Waals surface area contributed by atoms with Crippen molar-refractivity contribution in [2.75, 3.05) is 6.61 Å². The Kier molecular flexibility index (Phi) is 11.7. The lowest BCUT2D eigenvalue weighted by Crippen LogP contribution is -2.59. The fourth-order valence-electron chi connectivity index (χ4n) is 9.21. The SMILES string of the molecule is CC[C@@]1(OC(=O)[C@@H](Cc2ccccc2)N=C(CCOC2CC(C)(C)N([O])C(C)(C)C2)NS(=O)(=O)c2ccc(C)cc2)C(=O)OCc2c1cc1n(c2=O)Cc2cc3ccccc3nc2-1. The highest BCUT2D eigenvalue weighted by atomic mass is 32.2. The summed E-state index contributed by atoms with van der Waals surface area (Å²) in [7, 11) is -4.22. The zero-order valence-electron chi connectivity index (χ0n) is 36.3. The molecule has 8 rings (SSSR count). The van der Waals surface area contributed by atoms with Gasteiger partial charge in [0.1, 0.15) is 12.4 Å². The summed E-state index contributed by atoms with van der Waals surface area (Å²) in [6.07, 6.45) is 0.421. The Balaban J connectivity index is 1.16. The van der Waals surface area contributed by atoms with E-state index in [2.05, 4.69) is 4.72 Å². The molecule has 5 heterocycles. The second kappa shape index (κ2) is 16.8. The summed E-state index contributed by atoms with van der Waals surface area (Å²) >= 11 is 0. The van der Waals surface area contributed by atoms with E-state index in [1.807, 2.05) is 71.0 Å². The van der Waals surface area contributed by atoms with E-state index in [1.165, 1.54) is 12.1 Å². The van der Waals surface area contributed by atoms with Crippen LogP contribution in [0.5, 0.6) is 0 Å². The summed E-state index contributed by atoms with van der Waals surface area (Å²) < 4.78 is 50.4. The second-order valence-electron chi connectivity index (χ2n) is 17.9. The summed E-state index contributed by atoms with van der Waals surface area (Å²) in [5, 5.41) is 15.1. The molecule has 0 bridgehead atoms. The molecule has 2 atom stereocenters. The van der Waals surface area contributed by atoms with Crippen LogP contribution < -0.4 is 10.3 Å². The third kappa shape index (κ3) is 8.54. The molecule has 5 aromatic rings. The molecule has 3 aliphatic heterocycles. The van der Waals surface area contributed by atoms with E-state index in [-0.39, 0.29) is 72.5 Å². The van der Waals surface area contributed by atoms with E-state index in [0.717, 1.165) is 27.1 Å². The first-order valence-electron chi connectivity index (χ1n) is 21.3. The van der Waals surface area contributed by atoms with Crippen molar-refractivity contribution in [2.45, 2.75) is 121 Å². The molecule has 0 unspecified atom stereocenters. The number of hydrogen-bond acceptors (Lipinski definition) is 11. The standard InChI is InChI=1S/C48H52N5O9S/c1-7-48(37-25-40-42-33(24-32-15-11-12-16-38(32)50-42)28-52(40)43(54)36(37)29-61-45(48)56)62-44(55)39(23-31-13-9-8-10-14-31)49-41(51-63(58,59)35-19-17-30(2)18-20-35)21-22-60-34-26-46(3,4)53(57)47(5,6)27-34/h8-20,24-25,34,39H,7,21-23,26-29H2,1-6H3,(H,49,51)/t39-,48+/m1/s1. The number of fused-ring (bicyclic) bond motifs is 5. The van der Waals surface area contributed by atoms with Crippen molar-refractivity contribution in [2.24, 2.45) is 4.99 Å². The number of cyclic esters (lactones) is 1. The van der Waals surface area contributed by atoms with Crippen LogP contribution in [0.2, 0.25) is 0 Å². The molecular weight excluding hydrogens is 823 g/mol. The number of aryl methyl sites for hydroxylation is 1. The molecule has 15 heteroatoms. The molecule has 329 valence electrons. The van der Waals surface area contributed by atoms with Crippen LogP contribution in [0.3, 0.4) is 0 Å². The topological polar surface area (TPSA) is 178 Å². The molecule has 1 saturated heterocycles. The normalized spacial score (nSPS) is 20.0. The molecule has 3 aliphatic rings. The number of aliphatic imine (C=N–C) groups is 1. The van der Waals surface area contributed by atoms with Crippen molar-refractivity contribution in [3.05, 3.63) is 129 Å². The lowest BCUT2D eigenvalue weighted by molar-refractivity contribution is -0.301. The van der Waals surface area contributed by atoms with Gasteiger partial charge in [0.25, 0.3) is 15.6 Å². The number of amidine groups is 1. The summed E-state index contributed by atoms with van der Waals surface area (Å²) in [6, 6.07) is 25.3. The molecule has 2 aromatic heterocycles. The van der Waals surface area contributed by atoms with Crippen LogP contribution in [-0.2, 0) is 64.2 Å². The van der Waals surface area contributed by atoms with E-state index in [4.69, 9.17) is 24.2 Å². The molecule has 63 heavy (non-hydrogen) atoms. The third-order valence-corrected chi connectivity index (χ3v) is 13.7. The smallest absolute Gasteiger partial charge is 0.355 e. The minimum atomic E-state index is -4.22. The van der Waals surface area contributed by atoms with Gasteiger partial charge in [0.2, 0.25) is 5.60 Å². The lowest BCUT2D eigenvalue weighted by Gasteiger charge is -2.49. The number of esters is 2. The van der Waals surface area contributed by atoms with Crippen LogP contribution in [-0.4, -0.2) is 70.6 Å². The molecule has 0 saturated carbocycles. The Labute approximate surface area is 366 Å². The van der Waals surface area contributed by atoms with Gasteiger partial charge in [-0.1, -0.05) is 73.2 Å². The van der Waals surface area contributed by atoms with Crippen LogP contribution in [0, 0.1) is 6.92 Å². The summed E-state index contributed by atoms with van der Waals surface area (Å²) in [5.74, 6) is -1.85. The van der Waals surface area contributed by atoms with Crippen molar-refractivity contribution in [3.8, 4) is 11.4 Å². The Morgan fingerprint density at radius 3 is 2.35 bits per heavy atom. The number of aromatic nitrogens is 2. The number of nitrogens with one attached hydrogen (secondary N) is 1. The van der Waals surface area contributed by atoms with Crippen LogP contribution in [0.1, 0.15) is 88.1 Å². The van der Waals surface area contributed by atoms with Crippen molar-refractivity contribution >= 4 is 38.7 Å². The number of hydroxylamine groups is 2. The number of sulfonamides is 1. The van der Waals surface area contributed by atoms with Crippen LogP contribution >= 0.6 is 0 Å². The number of pyridine rings is 2. The fourth-order valence-corrected chi connectivity index (χ4v) is 10.3. The molecule has 1 fully saturated rings. The predicted molar refractivity (Wildman–Crippen MR) is 236 cm³/mol. The number of ether oxygens (including phenoxy) is 3. The maximum absolute atomic E-state index is 14.8. The number of para-hydroxylation sites is 1. The number of hydrogen-bond donors (Lipinski definition) is 1. The quantitative estimate of drug-likeness (QED) is 0.0791. The van der Waals surface area contributed by atoms with E-state index in [9.17, 15) is 28.0 Å².